The van der Waals surface area contributed by atoms with Crippen LogP contribution in [0.3, 0.4) is 0 Å². The molecule has 1 aromatic carbocycles. The van der Waals surface area contributed by atoms with Gasteiger partial charge in [0.2, 0.25) is 0 Å². The maximum atomic E-state index is 13.9. The van der Waals surface area contributed by atoms with Crippen LogP contribution in [0.5, 0.6) is 0 Å². The van der Waals surface area contributed by atoms with Crippen molar-refractivity contribution in [3.8, 4) is 0 Å². The largest absolute Gasteiger partial charge is 0.488 e. The van der Waals surface area contributed by atoms with E-state index in [1.165, 1.54) is 12.1 Å². The van der Waals surface area contributed by atoms with Crippen LogP contribution in [-0.2, 0) is 5.92 Å². The van der Waals surface area contributed by atoms with Gasteiger partial charge in [-0.3, -0.25) is 0 Å². The van der Waals surface area contributed by atoms with Crippen molar-refractivity contribution < 1.29 is 18.8 Å². The topological polar surface area (TPSA) is 43.7 Å². The Labute approximate surface area is 105 Å². The highest BCUT2D eigenvalue weighted by molar-refractivity contribution is 6.58. The van der Waals surface area contributed by atoms with E-state index in [1.54, 1.807) is 6.07 Å². The number of hydrogen-bond acceptors (Lipinski definition) is 3. The van der Waals surface area contributed by atoms with Crippen LogP contribution < -0.4 is 5.46 Å². The molecule has 1 atom stereocenters. The van der Waals surface area contributed by atoms with E-state index in [0.717, 1.165) is 0 Å². The minimum Gasteiger partial charge on any atom is -0.423 e. The Bertz CT molecular complexity index is 452. The van der Waals surface area contributed by atoms with Crippen molar-refractivity contribution in [1.29, 1.82) is 0 Å². The number of nitrogens with zero attached hydrogens (tertiary/aromatic N) is 1. The first kappa shape index (κ1) is 13.5. The van der Waals surface area contributed by atoms with Crippen LogP contribution in [0.2, 0.25) is 0 Å². The molecule has 2 N–H and O–H groups in total. The third-order valence-electron chi connectivity index (χ3n) is 3.48. The van der Waals surface area contributed by atoms with E-state index in [0.29, 0.717) is 12.0 Å². The van der Waals surface area contributed by atoms with Crippen LogP contribution in [0.4, 0.5) is 8.78 Å². The Balaban J connectivity index is 2.52. The van der Waals surface area contributed by atoms with Gasteiger partial charge in [-0.15, -0.1) is 0 Å². The van der Waals surface area contributed by atoms with Crippen LogP contribution in [0.15, 0.2) is 18.2 Å². The average molecular weight is 255 g/mol. The molecule has 0 saturated heterocycles. The monoisotopic (exact) mass is 255 g/mol. The van der Waals surface area contributed by atoms with Gasteiger partial charge in [0.1, 0.15) is 0 Å². The Hall–Kier alpha value is -0.975. The zero-order valence-electron chi connectivity index (χ0n) is 10.4. The first-order valence-corrected chi connectivity index (χ1v) is 5.87. The summed E-state index contributed by atoms with van der Waals surface area (Å²) < 4.78 is 27.8. The van der Waals surface area contributed by atoms with Crippen LogP contribution in [0, 0.1) is 0 Å². The molecule has 0 fully saturated rings. The van der Waals surface area contributed by atoms with E-state index in [9.17, 15) is 8.78 Å². The van der Waals surface area contributed by atoms with Crippen LogP contribution in [-0.4, -0.2) is 36.2 Å². The molecule has 0 saturated carbocycles. The number of benzene rings is 1. The molecule has 98 valence electrons. The van der Waals surface area contributed by atoms with Crippen molar-refractivity contribution in [2.24, 2.45) is 0 Å². The number of rotatable bonds is 2. The summed E-state index contributed by atoms with van der Waals surface area (Å²) in [6.45, 7) is 0. The smallest absolute Gasteiger partial charge is 0.423 e. The second-order valence-corrected chi connectivity index (χ2v) is 4.94. The van der Waals surface area contributed by atoms with Gasteiger partial charge >= 0.3 is 7.12 Å². The van der Waals surface area contributed by atoms with Gasteiger partial charge < -0.3 is 14.9 Å². The second kappa shape index (κ2) is 4.61. The Morgan fingerprint density at radius 1 is 1.33 bits per heavy atom. The van der Waals surface area contributed by atoms with Gasteiger partial charge in [-0.1, -0.05) is 18.2 Å². The molecule has 1 aliphatic carbocycles. The summed E-state index contributed by atoms with van der Waals surface area (Å²) >= 11 is 0. The third kappa shape index (κ3) is 2.28. The first-order chi connectivity index (χ1) is 8.33. The predicted molar refractivity (Wildman–Crippen MR) is 65.8 cm³/mol. The van der Waals surface area contributed by atoms with Crippen LogP contribution in [0.1, 0.15) is 30.0 Å². The Morgan fingerprint density at radius 3 is 2.56 bits per heavy atom. The summed E-state index contributed by atoms with van der Waals surface area (Å²) in [7, 11) is 1.99. The lowest BCUT2D eigenvalue weighted by molar-refractivity contribution is -0.0321. The number of hydrogen-bond donors (Lipinski definition) is 2. The van der Waals surface area contributed by atoms with E-state index in [1.807, 2.05) is 19.0 Å². The van der Waals surface area contributed by atoms with E-state index in [-0.39, 0.29) is 23.5 Å². The Morgan fingerprint density at radius 2 is 2.00 bits per heavy atom. The normalized spacial score (nSPS) is 21.8. The molecule has 2 rings (SSSR count). The minimum absolute atomic E-state index is 0.0514. The Kier molecular flexibility index (Phi) is 3.44. The van der Waals surface area contributed by atoms with Gasteiger partial charge in [-0.05, 0) is 31.5 Å². The van der Waals surface area contributed by atoms with E-state index >= 15 is 0 Å². The molecule has 3 nitrogen and oxygen atoms in total. The maximum Gasteiger partial charge on any atom is 0.488 e. The fourth-order valence-corrected chi connectivity index (χ4v) is 2.49. The lowest BCUT2D eigenvalue weighted by Crippen LogP contribution is -2.35. The fraction of sp³-hybridized carbons (Fsp3) is 0.500. The number of fused-ring (bicyclic) bond motifs is 1. The first-order valence-electron chi connectivity index (χ1n) is 5.87. The highest BCUT2D eigenvalue weighted by Crippen LogP contribution is 2.45. The zero-order chi connectivity index (χ0) is 13.5. The quantitative estimate of drug-likeness (QED) is 0.770. The zero-order valence-corrected chi connectivity index (χ0v) is 10.4. The molecule has 6 heteroatoms. The highest BCUT2D eigenvalue weighted by Gasteiger charge is 2.41. The highest BCUT2D eigenvalue weighted by atomic mass is 19.3. The minimum atomic E-state index is -2.90. The van der Waals surface area contributed by atoms with Crippen molar-refractivity contribution >= 4 is 12.6 Å². The van der Waals surface area contributed by atoms with Gasteiger partial charge in [0.15, 0.2) is 0 Å². The standard InChI is InChI=1S/C12H16BF2NO2/c1-16(2)11-5-6-12(14,15)10-7-8(13(17)18)3-4-9(10)11/h3-4,7,11,17-18H,5-6H2,1-2H3. The van der Waals surface area contributed by atoms with E-state index < -0.39 is 13.0 Å². The van der Waals surface area contributed by atoms with Crippen molar-refractivity contribution in [2.45, 2.75) is 24.8 Å². The van der Waals surface area contributed by atoms with Gasteiger partial charge in [0.25, 0.3) is 5.92 Å². The molecule has 0 aliphatic heterocycles. The summed E-state index contributed by atoms with van der Waals surface area (Å²) in [6.07, 6.45) is 0.182. The van der Waals surface area contributed by atoms with Crippen LogP contribution >= 0.6 is 0 Å². The molecule has 18 heavy (non-hydrogen) atoms. The molecule has 0 aromatic heterocycles. The van der Waals surface area contributed by atoms with Gasteiger partial charge in [-0.2, -0.15) is 0 Å². The lowest BCUT2D eigenvalue weighted by Gasteiger charge is -2.35. The molecule has 0 spiro atoms. The SMILES string of the molecule is CN(C)C1CCC(F)(F)c2cc(B(O)O)ccc21. The molecule has 0 amide bonds. The molecule has 1 unspecified atom stereocenters. The predicted octanol–water partition coefficient (Wildman–Crippen LogP) is 0.855. The molecule has 0 heterocycles. The van der Waals surface area contributed by atoms with Crippen molar-refractivity contribution in [3.05, 3.63) is 29.3 Å². The average Bonchev–Trinajstić information content (AvgIpc) is 2.28. The summed E-state index contributed by atoms with van der Waals surface area (Å²) in [5.74, 6) is -2.90. The summed E-state index contributed by atoms with van der Waals surface area (Å²) in [5.41, 5.74) is 0.589. The van der Waals surface area contributed by atoms with Crippen molar-refractivity contribution in [3.63, 3.8) is 0 Å². The van der Waals surface area contributed by atoms with E-state index in [2.05, 4.69) is 0 Å². The van der Waals surface area contributed by atoms with Crippen molar-refractivity contribution in [2.75, 3.05) is 14.1 Å². The van der Waals surface area contributed by atoms with Gasteiger partial charge in [0, 0.05) is 18.0 Å². The molecule has 1 aromatic rings. The van der Waals surface area contributed by atoms with Gasteiger partial charge in [-0.25, -0.2) is 8.78 Å². The fourth-order valence-electron chi connectivity index (χ4n) is 2.49. The van der Waals surface area contributed by atoms with E-state index in [4.69, 9.17) is 10.0 Å². The molecule has 0 bridgehead atoms. The second-order valence-electron chi connectivity index (χ2n) is 4.94. The third-order valence-corrected chi connectivity index (χ3v) is 3.48. The molecular formula is C12H16BF2NO2. The lowest BCUT2D eigenvalue weighted by atomic mass is 9.75. The van der Waals surface area contributed by atoms with Crippen LogP contribution in [0.25, 0.3) is 0 Å². The molecular weight excluding hydrogens is 239 g/mol. The molecule has 0 radical (unpaired) electrons. The van der Waals surface area contributed by atoms with Gasteiger partial charge in [0.05, 0.1) is 0 Å². The summed E-state index contributed by atoms with van der Waals surface area (Å²) in [6, 6.07) is 4.21. The summed E-state index contributed by atoms with van der Waals surface area (Å²) in [4.78, 5) is 1.91. The molecule has 1 aliphatic rings. The summed E-state index contributed by atoms with van der Waals surface area (Å²) in [5, 5.41) is 18.1. The maximum absolute atomic E-state index is 13.9. The van der Waals surface area contributed by atoms with Crippen molar-refractivity contribution in [1.82, 2.24) is 4.90 Å². The number of halogens is 2. The number of alkyl halides is 2.